The third kappa shape index (κ3) is 2.99. The number of esters is 1. The second kappa shape index (κ2) is 6.88. The number of allylic oxidation sites excluding steroid dienone is 2. The Morgan fingerprint density at radius 2 is 2.17 bits per heavy atom. The summed E-state index contributed by atoms with van der Waals surface area (Å²) >= 11 is 0. The SMILES string of the molecule is CCC1=C(C(=O)OC)[C@@H](c2cccc(OC)c2)C(C#N)=C(N)O1. The minimum atomic E-state index is -0.647. The number of methoxy groups -OCH3 is 2. The highest BCUT2D eigenvalue weighted by atomic mass is 16.5. The van der Waals surface area contributed by atoms with Crippen molar-refractivity contribution in [3.8, 4) is 11.8 Å². The third-order valence-electron chi connectivity index (χ3n) is 3.65. The lowest BCUT2D eigenvalue weighted by Gasteiger charge is -2.27. The van der Waals surface area contributed by atoms with Crippen molar-refractivity contribution in [2.45, 2.75) is 19.3 Å². The topological polar surface area (TPSA) is 94.6 Å². The van der Waals surface area contributed by atoms with E-state index >= 15 is 0 Å². The first-order valence-corrected chi connectivity index (χ1v) is 7.10. The summed E-state index contributed by atoms with van der Waals surface area (Å²) in [4.78, 5) is 12.3. The maximum Gasteiger partial charge on any atom is 0.338 e. The van der Waals surface area contributed by atoms with Crippen LogP contribution in [0.2, 0.25) is 0 Å². The Bertz CT molecular complexity index is 728. The molecule has 0 bridgehead atoms. The normalized spacial score (nSPS) is 17.4. The summed E-state index contributed by atoms with van der Waals surface area (Å²) in [6.07, 6.45) is 0.449. The summed E-state index contributed by atoms with van der Waals surface area (Å²) in [7, 11) is 2.84. The third-order valence-corrected chi connectivity index (χ3v) is 3.65. The molecule has 0 saturated carbocycles. The number of nitriles is 1. The molecule has 6 heteroatoms. The first-order chi connectivity index (χ1) is 11.1. The number of nitrogens with two attached hydrogens (primary N) is 1. The van der Waals surface area contributed by atoms with E-state index in [-0.39, 0.29) is 17.0 Å². The number of ether oxygens (including phenoxy) is 3. The molecule has 120 valence electrons. The summed E-state index contributed by atoms with van der Waals surface area (Å²) in [5.41, 5.74) is 7.04. The number of hydrogen-bond acceptors (Lipinski definition) is 6. The van der Waals surface area contributed by atoms with Gasteiger partial charge in [0.1, 0.15) is 23.2 Å². The quantitative estimate of drug-likeness (QED) is 0.857. The van der Waals surface area contributed by atoms with Crippen LogP contribution in [0, 0.1) is 11.3 Å². The molecule has 6 nitrogen and oxygen atoms in total. The molecule has 0 amide bonds. The van der Waals surface area contributed by atoms with Crippen LogP contribution in [0.1, 0.15) is 24.8 Å². The molecule has 1 atom stereocenters. The van der Waals surface area contributed by atoms with E-state index in [1.165, 1.54) is 7.11 Å². The van der Waals surface area contributed by atoms with Gasteiger partial charge < -0.3 is 19.9 Å². The summed E-state index contributed by atoms with van der Waals surface area (Å²) in [5.74, 6) is -0.167. The lowest BCUT2D eigenvalue weighted by Crippen LogP contribution is -2.25. The predicted molar refractivity (Wildman–Crippen MR) is 83.0 cm³/mol. The van der Waals surface area contributed by atoms with Crippen LogP contribution < -0.4 is 10.5 Å². The molecule has 0 aromatic heterocycles. The molecule has 1 aromatic carbocycles. The van der Waals surface area contributed by atoms with Crippen LogP contribution in [0.5, 0.6) is 5.75 Å². The van der Waals surface area contributed by atoms with Crippen LogP contribution in [0.4, 0.5) is 0 Å². The van der Waals surface area contributed by atoms with Crippen LogP contribution in [0.3, 0.4) is 0 Å². The summed E-state index contributed by atoms with van der Waals surface area (Å²) in [5, 5.41) is 9.48. The number of benzene rings is 1. The van der Waals surface area contributed by atoms with E-state index in [1.54, 1.807) is 31.4 Å². The van der Waals surface area contributed by atoms with Crippen LogP contribution in [0.15, 0.2) is 47.1 Å². The fourth-order valence-electron chi connectivity index (χ4n) is 2.57. The van der Waals surface area contributed by atoms with Gasteiger partial charge in [0, 0.05) is 6.42 Å². The fourth-order valence-corrected chi connectivity index (χ4v) is 2.57. The van der Waals surface area contributed by atoms with Gasteiger partial charge in [-0.25, -0.2) is 4.79 Å². The monoisotopic (exact) mass is 314 g/mol. The second-order valence-electron chi connectivity index (χ2n) is 4.88. The number of carbonyl (C=O) groups is 1. The van der Waals surface area contributed by atoms with Crippen molar-refractivity contribution in [1.29, 1.82) is 5.26 Å². The van der Waals surface area contributed by atoms with E-state index < -0.39 is 11.9 Å². The van der Waals surface area contributed by atoms with Gasteiger partial charge >= 0.3 is 5.97 Å². The Balaban J connectivity index is 2.68. The first kappa shape index (κ1) is 16.4. The highest BCUT2D eigenvalue weighted by Crippen LogP contribution is 2.41. The minimum absolute atomic E-state index is 0.00447. The summed E-state index contributed by atoms with van der Waals surface area (Å²) in [6.45, 7) is 1.84. The van der Waals surface area contributed by atoms with E-state index in [0.717, 1.165) is 0 Å². The van der Waals surface area contributed by atoms with Gasteiger partial charge in [0.05, 0.1) is 25.7 Å². The Morgan fingerprint density at radius 1 is 1.43 bits per heavy atom. The molecule has 1 aliphatic rings. The van der Waals surface area contributed by atoms with Gasteiger partial charge in [-0.2, -0.15) is 5.26 Å². The molecule has 2 rings (SSSR count). The largest absolute Gasteiger partial charge is 0.497 e. The Labute approximate surface area is 134 Å². The maximum atomic E-state index is 12.3. The zero-order valence-electron chi connectivity index (χ0n) is 13.3. The lowest BCUT2D eigenvalue weighted by molar-refractivity contribution is -0.136. The average molecular weight is 314 g/mol. The molecule has 0 saturated heterocycles. The van der Waals surface area contributed by atoms with E-state index in [0.29, 0.717) is 23.5 Å². The Kier molecular flexibility index (Phi) is 4.91. The average Bonchev–Trinajstić information content (AvgIpc) is 2.59. The molecule has 2 N–H and O–H groups in total. The Hall–Kier alpha value is -2.94. The van der Waals surface area contributed by atoms with Gasteiger partial charge in [-0.05, 0) is 17.7 Å². The maximum absolute atomic E-state index is 12.3. The van der Waals surface area contributed by atoms with Crippen LogP contribution in [-0.2, 0) is 14.3 Å². The van der Waals surface area contributed by atoms with Crippen molar-refractivity contribution in [3.05, 3.63) is 52.6 Å². The number of rotatable bonds is 4. The van der Waals surface area contributed by atoms with Crippen LogP contribution in [0.25, 0.3) is 0 Å². The van der Waals surface area contributed by atoms with Gasteiger partial charge in [0.15, 0.2) is 0 Å². The summed E-state index contributed by atoms with van der Waals surface area (Å²) in [6, 6.07) is 9.17. The molecule has 0 radical (unpaired) electrons. The van der Waals surface area contributed by atoms with Crippen molar-refractivity contribution in [2.24, 2.45) is 5.73 Å². The molecule has 0 unspecified atom stereocenters. The fraction of sp³-hybridized carbons (Fsp3) is 0.294. The van der Waals surface area contributed by atoms with Gasteiger partial charge in [-0.1, -0.05) is 19.1 Å². The van der Waals surface area contributed by atoms with Crippen LogP contribution >= 0.6 is 0 Å². The standard InChI is InChI=1S/C17H18N2O4/c1-4-13-15(17(20)22-3)14(12(9-18)16(19)23-13)10-6-5-7-11(8-10)21-2/h5-8,14H,4,19H2,1-3H3/t14-/m0/s1. The predicted octanol–water partition coefficient (Wildman–Crippen LogP) is 2.34. The molecule has 0 aliphatic carbocycles. The molecule has 0 spiro atoms. The lowest BCUT2D eigenvalue weighted by atomic mass is 9.82. The van der Waals surface area contributed by atoms with Crippen LogP contribution in [-0.4, -0.2) is 20.2 Å². The number of hydrogen-bond donors (Lipinski definition) is 1. The number of nitrogens with zero attached hydrogens (tertiary/aromatic N) is 1. The highest BCUT2D eigenvalue weighted by Gasteiger charge is 2.36. The molecular weight excluding hydrogens is 296 g/mol. The molecular formula is C17H18N2O4. The molecule has 0 fully saturated rings. The van der Waals surface area contributed by atoms with E-state index in [1.807, 2.05) is 13.0 Å². The van der Waals surface area contributed by atoms with Crippen molar-refractivity contribution < 1.29 is 19.0 Å². The first-order valence-electron chi connectivity index (χ1n) is 7.10. The van der Waals surface area contributed by atoms with Gasteiger partial charge in [-0.3, -0.25) is 0 Å². The van der Waals surface area contributed by atoms with E-state index in [4.69, 9.17) is 19.9 Å². The van der Waals surface area contributed by atoms with E-state index in [2.05, 4.69) is 0 Å². The van der Waals surface area contributed by atoms with Gasteiger partial charge in [0.25, 0.3) is 0 Å². The van der Waals surface area contributed by atoms with Gasteiger partial charge in [0.2, 0.25) is 5.88 Å². The highest BCUT2D eigenvalue weighted by molar-refractivity contribution is 5.92. The van der Waals surface area contributed by atoms with Crippen molar-refractivity contribution in [1.82, 2.24) is 0 Å². The second-order valence-corrected chi connectivity index (χ2v) is 4.88. The molecule has 1 aliphatic heterocycles. The van der Waals surface area contributed by atoms with Crippen molar-refractivity contribution in [3.63, 3.8) is 0 Å². The molecule has 1 aromatic rings. The minimum Gasteiger partial charge on any atom is -0.497 e. The van der Waals surface area contributed by atoms with Crippen molar-refractivity contribution in [2.75, 3.05) is 14.2 Å². The number of carbonyl (C=O) groups excluding carboxylic acids is 1. The molecule has 1 heterocycles. The van der Waals surface area contributed by atoms with Crippen molar-refractivity contribution >= 4 is 5.97 Å². The molecule has 23 heavy (non-hydrogen) atoms. The van der Waals surface area contributed by atoms with Gasteiger partial charge in [-0.15, -0.1) is 0 Å². The zero-order chi connectivity index (χ0) is 17.0. The Morgan fingerprint density at radius 3 is 2.74 bits per heavy atom. The smallest absolute Gasteiger partial charge is 0.338 e. The summed E-state index contributed by atoms with van der Waals surface area (Å²) < 4.78 is 15.6. The zero-order valence-corrected chi connectivity index (χ0v) is 13.3. The van der Waals surface area contributed by atoms with E-state index in [9.17, 15) is 10.1 Å².